The van der Waals surface area contributed by atoms with Gasteiger partial charge in [0.15, 0.2) is 0 Å². The number of carbonyl (C=O) groups is 1. The third kappa shape index (κ3) is 2.98. The molecular weight excluding hydrogens is 290 g/mol. The van der Waals surface area contributed by atoms with E-state index in [2.05, 4.69) is 9.97 Å². The Balaban J connectivity index is 2.21. The van der Waals surface area contributed by atoms with Gasteiger partial charge >= 0.3 is 12.0 Å². The molecule has 2 aromatic rings. The number of nitrogens with zero attached hydrogens (tertiary/aromatic N) is 3. The van der Waals surface area contributed by atoms with E-state index in [4.69, 9.17) is 21.4 Å². The number of ether oxygens (including phenoxy) is 1. The van der Waals surface area contributed by atoms with E-state index in [1.807, 2.05) is 0 Å². The number of aromatic carboxylic acids is 1. The molecule has 0 spiro atoms. The van der Waals surface area contributed by atoms with Crippen molar-refractivity contribution in [1.82, 2.24) is 9.97 Å². The van der Waals surface area contributed by atoms with E-state index in [1.165, 1.54) is 12.1 Å². The van der Waals surface area contributed by atoms with Crippen LogP contribution in [0.2, 0.25) is 5.02 Å². The maximum Gasteiger partial charge on any atom is 0.338 e. The molecule has 0 atom stereocenters. The summed E-state index contributed by atoms with van der Waals surface area (Å²) in [6.07, 6.45) is 2.15. The molecule has 0 aliphatic rings. The van der Waals surface area contributed by atoms with Gasteiger partial charge in [-0.3, -0.25) is 10.1 Å². The molecule has 0 amide bonds. The Morgan fingerprint density at radius 2 is 2.00 bits per heavy atom. The number of aromatic nitrogens is 2. The van der Waals surface area contributed by atoms with Crippen LogP contribution in [-0.2, 0) is 0 Å². The van der Waals surface area contributed by atoms with Crippen molar-refractivity contribution in [2.45, 2.75) is 0 Å². The quantitative estimate of drug-likeness (QED) is 0.680. The van der Waals surface area contributed by atoms with Crippen LogP contribution in [-0.4, -0.2) is 26.0 Å². The topological polar surface area (TPSA) is 115 Å². The van der Waals surface area contributed by atoms with E-state index < -0.39 is 10.9 Å². The van der Waals surface area contributed by atoms with E-state index >= 15 is 0 Å². The van der Waals surface area contributed by atoms with Gasteiger partial charge in [0.1, 0.15) is 5.75 Å². The Bertz CT molecular complexity index is 674. The first-order chi connectivity index (χ1) is 9.47. The first-order valence-corrected chi connectivity index (χ1v) is 5.52. The Morgan fingerprint density at radius 1 is 1.35 bits per heavy atom. The van der Waals surface area contributed by atoms with E-state index in [1.54, 1.807) is 0 Å². The van der Waals surface area contributed by atoms with Gasteiger partial charge in [-0.15, -0.1) is 0 Å². The number of non-ortho nitro benzene ring substituents is 1. The fourth-order valence-corrected chi connectivity index (χ4v) is 1.48. The summed E-state index contributed by atoms with van der Waals surface area (Å²) < 4.78 is 5.21. The predicted octanol–water partition coefficient (Wildman–Crippen LogP) is 2.53. The summed E-state index contributed by atoms with van der Waals surface area (Å²) >= 11 is 5.83. The fraction of sp³-hybridized carbons (Fsp3) is 0. The molecule has 20 heavy (non-hydrogen) atoms. The summed E-state index contributed by atoms with van der Waals surface area (Å²) in [5, 5.41) is 19.3. The Morgan fingerprint density at radius 3 is 2.50 bits per heavy atom. The molecule has 2 rings (SSSR count). The van der Waals surface area contributed by atoms with Crippen LogP contribution in [0.15, 0.2) is 30.6 Å². The average molecular weight is 296 g/mol. The maximum atomic E-state index is 10.6. The standard InChI is InChI=1S/C11H6ClN3O5/c12-8-3-7(15(18)19)1-2-9(8)20-11-13-4-6(5-14-11)10(16)17/h1-5H,(H,16,17). The normalized spacial score (nSPS) is 10.1. The summed E-state index contributed by atoms with van der Waals surface area (Å²) in [5.41, 5.74) is -0.267. The van der Waals surface area contributed by atoms with Crippen molar-refractivity contribution >= 4 is 23.3 Å². The van der Waals surface area contributed by atoms with E-state index in [9.17, 15) is 14.9 Å². The molecule has 0 saturated carbocycles. The molecule has 1 aromatic carbocycles. The number of rotatable bonds is 4. The van der Waals surface area contributed by atoms with Crippen molar-refractivity contribution in [3.05, 3.63) is 51.3 Å². The van der Waals surface area contributed by atoms with Crippen molar-refractivity contribution in [3.63, 3.8) is 0 Å². The summed E-state index contributed by atoms with van der Waals surface area (Å²) in [6, 6.07) is 3.52. The van der Waals surface area contributed by atoms with Crippen LogP contribution >= 0.6 is 11.6 Å². The van der Waals surface area contributed by atoms with Gasteiger partial charge in [0.2, 0.25) is 0 Å². The number of nitro benzene ring substituents is 1. The second-order valence-corrected chi connectivity index (χ2v) is 3.94. The number of halogens is 1. The van der Waals surface area contributed by atoms with Crippen molar-refractivity contribution in [3.8, 4) is 11.8 Å². The van der Waals surface area contributed by atoms with Crippen molar-refractivity contribution in [2.24, 2.45) is 0 Å². The monoisotopic (exact) mass is 295 g/mol. The number of carboxylic acid groups (broad SMARTS) is 1. The van der Waals surface area contributed by atoms with Gasteiger partial charge in [0.25, 0.3) is 5.69 Å². The van der Waals surface area contributed by atoms with Crippen LogP contribution in [0.4, 0.5) is 5.69 Å². The lowest BCUT2D eigenvalue weighted by Gasteiger charge is -2.05. The lowest BCUT2D eigenvalue weighted by atomic mass is 10.3. The molecule has 1 aromatic heterocycles. The van der Waals surface area contributed by atoms with Gasteiger partial charge in [0, 0.05) is 24.5 Å². The lowest BCUT2D eigenvalue weighted by Crippen LogP contribution is -2.00. The number of nitro groups is 1. The minimum absolute atomic E-state index is 0.0186. The highest BCUT2D eigenvalue weighted by Crippen LogP contribution is 2.30. The molecule has 1 N–H and O–H groups in total. The highest BCUT2D eigenvalue weighted by Gasteiger charge is 2.12. The van der Waals surface area contributed by atoms with Gasteiger partial charge in [-0.2, -0.15) is 0 Å². The van der Waals surface area contributed by atoms with Crippen LogP contribution in [0.3, 0.4) is 0 Å². The molecule has 9 heteroatoms. The van der Waals surface area contributed by atoms with Gasteiger partial charge in [0.05, 0.1) is 15.5 Å². The molecular formula is C11H6ClN3O5. The second kappa shape index (κ2) is 5.49. The summed E-state index contributed by atoms with van der Waals surface area (Å²) in [5.74, 6) is -1.04. The molecule has 0 saturated heterocycles. The zero-order chi connectivity index (χ0) is 14.7. The molecule has 0 aliphatic carbocycles. The van der Waals surface area contributed by atoms with Crippen LogP contribution < -0.4 is 4.74 Å². The number of carboxylic acids is 1. The highest BCUT2D eigenvalue weighted by atomic mass is 35.5. The highest BCUT2D eigenvalue weighted by molar-refractivity contribution is 6.32. The minimum Gasteiger partial charge on any atom is -0.478 e. The van der Waals surface area contributed by atoms with Crippen molar-refractivity contribution in [2.75, 3.05) is 0 Å². The molecule has 0 bridgehead atoms. The number of hydrogen-bond donors (Lipinski definition) is 1. The lowest BCUT2D eigenvalue weighted by molar-refractivity contribution is -0.384. The summed E-state index contributed by atoms with van der Waals surface area (Å²) in [6.45, 7) is 0. The van der Waals surface area contributed by atoms with Crippen molar-refractivity contribution < 1.29 is 19.6 Å². The molecule has 0 fully saturated rings. The Kier molecular flexibility index (Phi) is 3.76. The molecule has 0 aliphatic heterocycles. The molecule has 102 valence electrons. The van der Waals surface area contributed by atoms with E-state index in [0.29, 0.717) is 0 Å². The van der Waals surface area contributed by atoms with Gasteiger partial charge in [-0.05, 0) is 6.07 Å². The smallest absolute Gasteiger partial charge is 0.338 e. The SMILES string of the molecule is O=C(O)c1cnc(Oc2ccc([N+](=O)[O-])cc2Cl)nc1. The largest absolute Gasteiger partial charge is 0.478 e. The summed E-state index contributed by atoms with van der Waals surface area (Å²) in [7, 11) is 0. The molecule has 8 nitrogen and oxygen atoms in total. The predicted molar refractivity (Wildman–Crippen MR) is 67.2 cm³/mol. The molecule has 0 radical (unpaired) electrons. The third-order valence-electron chi connectivity index (χ3n) is 2.20. The minimum atomic E-state index is -1.16. The zero-order valence-electron chi connectivity index (χ0n) is 9.69. The van der Waals surface area contributed by atoms with E-state index in [0.717, 1.165) is 18.5 Å². The van der Waals surface area contributed by atoms with Gasteiger partial charge in [-0.1, -0.05) is 11.6 Å². The van der Waals surface area contributed by atoms with Crippen LogP contribution in [0.25, 0.3) is 0 Å². The maximum absolute atomic E-state index is 10.6. The van der Waals surface area contributed by atoms with Crippen LogP contribution in [0, 0.1) is 10.1 Å². The third-order valence-corrected chi connectivity index (χ3v) is 2.50. The van der Waals surface area contributed by atoms with E-state index in [-0.39, 0.29) is 28.0 Å². The Labute approximate surface area is 116 Å². The molecule has 0 unspecified atom stereocenters. The van der Waals surface area contributed by atoms with Crippen molar-refractivity contribution in [1.29, 1.82) is 0 Å². The molecule has 1 heterocycles. The zero-order valence-corrected chi connectivity index (χ0v) is 10.4. The van der Waals surface area contributed by atoms with Gasteiger partial charge < -0.3 is 9.84 Å². The second-order valence-electron chi connectivity index (χ2n) is 3.53. The van der Waals surface area contributed by atoms with Crippen LogP contribution in [0.5, 0.6) is 11.8 Å². The van der Waals surface area contributed by atoms with Crippen LogP contribution in [0.1, 0.15) is 10.4 Å². The number of benzene rings is 1. The first kappa shape index (κ1) is 13.7. The first-order valence-electron chi connectivity index (χ1n) is 5.14. The fourth-order valence-electron chi connectivity index (χ4n) is 1.26. The average Bonchev–Trinajstić information content (AvgIpc) is 2.41. The van der Waals surface area contributed by atoms with Gasteiger partial charge in [-0.25, -0.2) is 14.8 Å². The summed E-state index contributed by atoms with van der Waals surface area (Å²) in [4.78, 5) is 28.0. The Hall–Kier alpha value is -2.74. The number of hydrogen-bond acceptors (Lipinski definition) is 6.